The van der Waals surface area contributed by atoms with E-state index in [4.69, 9.17) is 9.84 Å². The third kappa shape index (κ3) is 2.95. The first-order chi connectivity index (χ1) is 8.69. The van der Waals surface area contributed by atoms with Crippen molar-refractivity contribution in [1.29, 1.82) is 0 Å². The number of hydrogen-bond donors (Lipinski definition) is 2. The lowest BCUT2D eigenvalue weighted by Gasteiger charge is -2.09. The van der Waals surface area contributed by atoms with Gasteiger partial charge in [0.15, 0.2) is 0 Å². The maximum Gasteiger partial charge on any atom is 0.254 e. The van der Waals surface area contributed by atoms with Gasteiger partial charge in [-0.3, -0.25) is 4.79 Å². The molecule has 0 amide bonds. The number of nitrogens with zero attached hydrogens (tertiary/aromatic N) is 1. The summed E-state index contributed by atoms with van der Waals surface area (Å²) < 4.78 is 5.58. The van der Waals surface area contributed by atoms with Crippen LogP contribution in [0.2, 0.25) is 0 Å². The molecular formula is C13H14N2O3. The van der Waals surface area contributed by atoms with Gasteiger partial charge in [0.1, 0.15) is 11.6 Å². The Morgan fingerprint density at radius 3 is 2.89 bits per heavy atom. The number of aromatic nitrogens is 2. The van der Waals surface area contributed by atoms with E-state index in [1.54, 1.807) is 13.0 Å². The van der Waals surface area contributed by atoms with E-state index in [2.05, 4.69) is 9.97 Å². The fourth-order valence-corrected chi connectivity index (χ4v) is 1.65. The summed E-state index contributed by atoms with van der Waals surface area (Å²) in [5, 5.41) is 8.97. The van der Waals surface area contributed by atoms with Crippen molar-refractivity contribution in [3.8, 4) is 11.6 Å². The Bertz CT molecular complexity index is 593. The van der Waals surface area contributed by atoms with Gasteiger partial charge in [-0.15, -0.1) is 0 Å². The molecule has 18 heavy (non-hydrogen) atoms. The van der Waals surface area contributed by atoms with E-state index >= 15 is 0 Å². The molecule has 94 valence electrons. The van der Waals surface area contributed by atoms with Crippen molar-refractivity contribution in [3.05, 3.63) is 52.1 Å². The third-order valence-electron chi connectivity index (χ3n) is 2.40. The number of para-hydroxylation sites is 1. The lowest BCUT2D eigenvalue weighted by molar-refractivity contribution is 0.297. The Morgan fingerprint density at radius 2 is 2.17 bits per heavy atom. The molecule has 5 nitrogen and oxygen atoms in total. The summed E-state index contributed by atoms with van der Waals surface area (Å²) in [5.74, 6) is 1.35. The van der Waals surface area contributed by atoms with E-state index < -0.39 is 0 Å². The first kappa shape index (κ1) is 12.3. The standard InChI is InChI=1S/C13H14N2O3/c1-9-14-12(17)8-13(15-9)18-11-5-3-2-4-10(11)6-7-16/h2-5,8,16H,6-7H2,1H3,(H,14,15,17). The number of aryl methyl sites for hydroxylation is 1. The fourth-order valence-electron chi connectivity index (χ4n) is 1.65. The van der Waals surface area contributed by atoms with Crippen LogP contribution in [-0.2, 0) is 6.42 Å². The monoisotopic (exact) mass is 246 g/mol. The molecule has 0 fully saturated rings. The molecule has 0 aliphatic rings. The van der Waals surface area contributed by atoms with Gasteiger partial charge in [0, 0.05) is 6.61 Å². The zero-order valence-electron chi connectivity index (χ0n) is 10.0. The maximum atomic E-state index is 11.3. The van der Waals surface area contributed by atoms with Gasteiger partial charge in [0.25, 0.3) is 5.56 Å². The average Bonchev–Trinajstić information content (AvgIpc) is 2.30. The van der Waals surface area contributed by atoms with Gasteiger partial charge < -0.3 is 14.8 Å². The Kier molecular flexibility index (Phi) is 3.74. The molecule has 0 aliphatic carbocycles. The smallest absolute Gasteiger partial charge is 0.254 e. The van der Waals surface area contributed by atoms with Crippen LogP contribution in [-0.4, -0.2) is 21.7 Å². The second-order valence-corrected chi connectivity index (χ2v) is 3.85. The molecule has 0 atom stereocenters. The highest BCUT2D eigenvalue weighted by Gasteiger charge is 2.06. The molecule has 1 aromatic heterocycles. The van der Waals surface area contributed by atoms with Crippen LogP contribution in [0.3, 0.4) is 0 Å². The number of hydrogen-bond acceptors (Lipinski definition) is 4. The van der Waals surface area contributed by atoms with E-state index in [1.807, 2.05) is 18.2 Å². The van der Waals surface area contributed by atoms with E-state index in [0.717, 1.165) is 5.56 Å². The van der Waals surface area contributed by atoms with Crippen molar-refractivity contribution < 1.29 is 9.84 Å². The fraction of sp³-hybridized carbons (Fsp3) is 0.231. The molecule has 2 rings (SSSR count). The number of aliphatic hydroxyl groups is 1. The minimum Gasteiger partial charge on any atom is -0.438 e. The summed E-state index contributed by atoms with van der Waals surface area (Å²) in [5.41, 5.74) is 0.622. The molecule has 0 saturated heterocycles. The number of H-pyrrole nitrogens is 1. The number of benzene rings is 1. The third-order valence-corrected chi connectivity index (χ3v) is 2.40. The summed E-state index contributed by atoms with van der Waals surface area (Å²) in [6, 6.07) is 8.64. The SMILES string of the molecule is Cc1nc(Oc2ccccc2CCO)cc(=O)[nH]1. The van der Waals surface area contributed by atoms with Crippen LogP contribution in [0.15, 0.2) is 35.1 Å². The number of rotatable bonds is 4. The molecule has 0 spiro atoms. The molecule has 0 bridgehead atoms. The zero-order chi connectivity index (χ0) is 13.0. The Hall–Kier alpha value is -2.14. The second-order valence-electron chi connectivity index (χ2n) is 3.85. The van der Waals surface area contributed by atoms with Gasteiger partial charge in [-0.05, 0) is 25.0 Å². The largest absolute Gasteiger partial charge is 0.438 e. The molecule has 0 aliphatic heterocycles. The van der Waals surface area contributed by atoms with Crippen molar-refractivity contribution in [2.45, 2.75) is 13.3 Å². The molecule has 2 N–H and O–H groups in total. The molecule has 1 aromatic carbocycles. The van der Waals surface area contributed by atoms with Crippen molar-refractivity contribution >= 4 is 0 Å². The second kappa shape index (κ2) is 5.46. The van der Waals surface area contributed by atoms with Crippen molar-refractivity contribution in [1.82, 2.24) is 9.97 Å². The predicted octanol–water partition coefficient (Wildman–Crippen LogP) is 1.41. The van der Waals surface area contributed by atoms with Gasteiger partial charge in [-0.2, -0.15) is 0 Å². The molecule has 0 saturated carbocycles. The minimum absolute atomic E-state index is 0.0439. The van der Waals surface area contributed by atoms with Crippen LogP contribution < -0.4 is 10.3 Å². The van der Waals surface area contributed by atoms with E-state index in [1.165, 1.54) is 6.07 Å². The zero-order valence-corrected chi connectivity index (χ0v) is 10.0. The lowest BCUT2D eigenvalue weighted by Crippen LogP contribution is -2.08. The number of nitrogens with one attached hydrogen (secondary N) is 1. The van der Waals surface area contributed by atoms with E-state index in [-0.39, 0.29) is 18.0 Å². The quantitative estimate of drug-likeness (QED) is 0.855. The van der Waals surface area contributed by atoms with Crippen LogP contribution >= 0.6 is 0 Å². The molecular weight excluding hydrogens is 232 g/mol. The van der Waals surface area contributed by atoms with E-state index in [0.29, 0.717) is 18.0 Å². The Morgan fingerprint density at radius 1 is 1.39 bits per heavy atom. The van der Waals surface area contributed by atoms with Crippen molar-refractivity contribution in [2.75, 3.05) is 6.61 Å². The Balaban J connectivity index is 2.30. The van der Waals surface area contributed by atoms with Gasteiger partial charge in [0.2, 0.25) is 5.88 Å². The van der Waals surface area contributed by atoms with Crippen LogP contribution in [0.25, 0.3) is 0 Å². The molecule has 1 heterocycles. The average molecular weight is 246 g/mol. The summed E-state index contributed by atoms with van der Waals surface area (Å²) in [7, 11) is 0. The summed E-state index contributed by atoms with van der Waals surface area (Å²) in [6.45, 7) is 1.73. The highest BCUT2D eigenvalue weighted by Crippen LogP contribution is 2.23. The van der Waals surface area contributed by atoms with Crippen LogP contribution in [0, 0.1) is 6.92 Å². The lowest BCUT2D eigenvalue weighted by atomic mass is 10.1. The van der Waals surface area contributed by atoms with Crippen LogP contribution in [0.4, 0.5) is 0 Å². The highest BCUT2D eigenvalue weighted by atomic mass is 16.5. The first-order valence-corrected chi connectivity index (χ1v) is 5.63. The minimum atomic E-state index is -0.253. The van der Waals surface area contributed by atoms with Gasteiger partial charge in [-0.1, -0.05) is 18.2 Å². The molecule has 0 radical (unpaired) electrons. The summed E-state index contributed by atoms with van der Waals surface area (Å²) >= 11 is 0. The Labute approximate surface area is 104 Å². The molecule has 2 aromatic rings. The summed E-state index contributed by atoms with van der Waals surface area (Å²) in [4.78, 5) is 17.9. The van der Waals surface area contributed by atoms with Crippen LogP contribution in [0.5, 0.6) is 11.6 Å². The van der Waals surface area contributed by atoms with Crippen LogP contribution in [0.1, 0.15) is 11.4 Å². The number of aromatic amines is 1. The summed E-state index contributed by atoms with van der Waals surface area (Å²) in [6.07, 6.45) is 0.498. The maximum absolute atomic E-state index is 11.3. The number of ether oxygens (including phenoxy) is 1. The molecule has 0 unspecified atom stereocenters. The van der Waals surface area contributed by atoms with E-state index in [9.17, 15) is 4.79 Å². The topological polar surface area (TPSA) is 75.2 Å². The number of aliphatic hydroxyl groups excluding tert-OH is 1. The highest BCUT2D eigenvalue weighted by molar-refractivity contribution is 5.36. The van der Waals surface area contributed by atoms with Gasteiger partial charge >= 0.3 is 0 Å². The molecule has 5 heteroatoms. The van der Waals surface area contributed by atoms with Crippen molar-refractivity contribution in [3.63, 3.8) is 0 Å². The van der Waals surface area contributed by atoms with Gasteiger partial charge in [-0.25, -0.2) is 4.98 Å². The first-order valence-electron chi connectivity index (χ1n) is 5.63. The predicted molar refractivity (Wildman–Crippen MR) is 66.9 cm³/mol. The normalized spacial score (nSPS) is 10.3. The van der Waals surface area contributed by atoms with Gasteiger partial charge in [0.05, 0.1) is 6.07 Å². The van der Waals surface area contributed by atoms with Crippen molar-refractivity contribution in [2.24, 2.45) is 0 Å².